The van der Waals surface area contributed by atoms with Crippen LogP contribution in [-0.4, -0.2) is 29.9 Å². The molecular formula is C14H16FN3O. The number of carbonyl (C=O) groups excluding carboxylic acids is 1. The van der Waals surface area contributed by atoms with Crippen LogP contribution in [0.25, 0.3) is 0 Å². The Morgan fingerprint density at radius 2 is 2.37 bits per heavy atom. The van der Waals surface area contributed by atoms with Crippen LogP contribution in [0.3, 0.4) is 0 Å². The van der Waals surface area contributed by atoms with E-state index in [1.807, 2.05) is 6.07 Å². The Labute approximate surface area is 111 Å². The average Bonchev–Trinajstić information content (AvgIpc) is 2.74. The number of benzene rings is 1. The van der Waals surface area contributed by atoms with Gasteiger partial charge in [-0.1, -0.05) is 0 Å². The molecule has 1 unspecified atom stereocenters. The summed E-state index contributed by atoms with van der Waals surface area (Å²) in [4.78, 5) is 13.1. The lowest BCUT2D eigenvalue weighted by atomic mass is 10.1. The summed E-state index contributed by atoms with van der Waals surface area (Å²) in [6.07, 6.45) is 0.903. The van der Waals surface area contributed by atoms with Crippen molar-refractivity contribution in [1.82, 2.24) is 10.2 Å². The molecule has 0 aliphatic carbocycles. The molecule has 19 heavy (non-hydrogen) atoms. The fourth-order valence-electron chi connectivity index (χ4n) is 2.45. The lowest BCUT2D eigenvalue weighted by Crippen LogP contribution is -2.35. The van der Waals surface area contributed by atoms with E-state index in [-0.39, 0.29) is 17.8 Å². The fourth-order valence-corrected chi connectivity index (χ4v) is 2.45. The summed E-state index contributed by atoms with van der Waals surface area (Å²) >= 11 is 0. The number of carbonyl (C=O) groups is 1. The molecule has 5 heteroatoms. The molecule has 1 aromatic rings. The molecule has 0 aromatic heterocycles. The van der Waals surface area contributed by atoms with Gasteiger partial charge < -0.3 is 5.32 Å². The van der Waals surface area contributed by atoms with Crippen LogP contribution < -0.4 is 5.32 Å². The van der Waals surface area contributed by atoms with Crippen molar-refractivity contribution in [1.29, 1.82) is 5.26 Å². The molecule has 0 bridgehead atoms. The van der Waals surface area contributed by atoms with Crippen LogP contribution in [0.4, 0.5) is 4.39 Å². The first kappa shape index (κ1) is 13.5. The first-order chi connectivity index (χ1) is 9.06. The highest BCUT2D eigenvalue weighted by molar-refractivity contribution is 5.73. The molecule has 100 valence electrons. The standard InChI is InChI=1S/C14H16FN3O/c1-10(19)17-14-2-3-18(9-14)8-12-4-11(7-16)5-13(15)6-12/h4-6,14H,2-3,8-9H2,1H3,(H,17,19). The molecule has 1 atom stereocenters. The summed E-state index contributed by atoms with van der Waals surface area (Å²) in [5.41, 5.74) is 1.13. The number of rotatable bonds is 3. The average molecular weight is 261 g/mol. The normalized spacial score (nSPS) is 19.1. The number of nitriles is 1. The van der Waals surface area contributed by atoms with Gasteiger partial charge in [-0.3, -0.25) is 9.69 Å². The number of likely N-dealkylation sites (tertiary alicyclic amines) is 1. The van der Waals surface area contributed by atoms with Gasteiger partial charge in [-0.25, -0.2) is 4.39 Å². The number of hydrogen-bond acceptors (Lipinski definition) is 3. The van der Waals surface area contributed by atoms with E-state index >= 15 is 0 Å². The minimum Gasteiger partial charge on any atom is -0.352 e. The molecule has 1 saturated heterocycles. The zero-order valence-corrected chi connectivity index (χ0v) is 10.8. The van der Waals surface area contributed by atoms with E-state index in [0.717, 1.165) is 25.1 Å². The molecule has 2 rings (SSSR count). The quantitative estimate of drug-likeness (QED) is 0.895. The number of hydrogen-bond donors (Lipinski definition) is 1. The van der Waals surface area contributed by atoms with Gasteiger partial charge in [0.1, 0.15) is 5.82 Å². The molecule has 4 nitrogen and oxygen atoms in total. The zero-order valence-electron chi connectivity index (χ0n) is 10.8. The highest BCUT2D eigenvalue weighted by atomic mass is 19.1. The van der Waals surface area contributed by atoms with Crippen molar-refractivity contribution in [2.75, 3.05) is 13.1 Å². The van der Waals surface area contributed by atoms with Crippen LogP contribution in [0.15, 0.2) is 18.2 Å². The predicted octanol–water partition coefficient (Wildman–Crippen LogP) is 1.41. The molecule has 1 heterocycles. The molecule has 1 aliphatic rings. The maximum Gasteiger partial charge on any atom is 0.217 e. The van der Waals surface area contributed by atoms with Gasteiger partial charge in [0, 0.05) is 32.6 Å². The van der Waals surface area contributed by atoms with Gasteiger partial charge in [-0.15, -0.1) is 0 Å². The molecule has 1 fully saturated rings. The Morgan fingerprint density at radius 1 is 1.58 bits per heavy atom. The fraction of sp³-hybridized carbons (Fsp3) is 0.429. The maximum atomic E-state index is 13.3. The van der Waals surface area contributed by atoms with Crippen LogP contribution in [0.5, 0.6) is 0 Å². The molecule has 1 aliphatic heterocycles. The van der Waals surface area contributed by atoms with E-state index in [0.29, 0.717) is 12.1 Å². The topological polar surface area (TPSA) is 56.1 Å². The van der Waals surface area contributed by atoms with E-state index < -0.39 is 0 Å². The van der Waals surface area contributed by atoms with Gasteiger partial charge in [0.05, 0.1) is 11.6 Å². The Kier molecular flexibility index (Phi) is 4.13. The summed E-state index contributed by atoms with van der Waals surface area (Å²) in [6, 6.07) is 6.50. The van der Waals surface area contributed by atoms with Crippen molar-refractivity contribution in [3.8, 4) is 6.07 Å². The SMILES string of the molecule is CC(=O)NC1CCN(Cc2cc(F)cc(C#N)c2)C1. The molecule has 0 saturated carbocycles. The van der Waals surface area contributed by atoms with Crippen molar-refractivity contribution in [3.05, 3.63) is 35.1 Å². The zero-order chi connectivity index (χ0) is 13.8. The molecule has 1 amide bonds. The second-order valence-corrected chi connectivity index (χ2v) is 4.88. The monoisotopic (exact) mass is 261 g/mol. The van der Waals surface area contributed by atoms with Gasteiger partial charge in [0.2, 0.25) is 5.91 Å². The van der Waals surface area contributed by atoms with Crippen LogP contribution in [0, 0.1) is 17.1 Å². The summed E-state index contributed by atoms with van der Waals surface area (Å²) in [5.74, 6) is -0.406. The Balaban J connectivity index is 1.97. The number of amides is 1. The highest BCUT2D eigenvalue weighted by Gasteiger charge is 2.22. The molecular weight excluding hydrogens is 245 g/mol. The second-order valence-electron chi connectivity index (χ2n) is 4.88. The van der Waals surface area contributed by atoms with Crippen molar-refractivity contribution in [2.45, 2.75) is 25.9 Å². The first-order valence-corrected chi connectivity index (χ1v) is 6.26. The predicted molar refractivity (Wildman–Crippen MR) is 68.6 cm³/mol. The first-order valence-electron chi connectivity index (χ1n) is 6.26. The van der Waals surface area contributed by atoms with Crippen molar-refractivity contribution in [3.63, 3.8) is 0 Å². The number of halogens is 1. The summed E-state index contributed by atoms with van der Waals surface area (Å²) in [5, 5.41) is 11.7. The minimum absolute atomic E-state index is 0.0237. The molecule has 1 N–H and O–H groups in total. The lowest BCUT2D eigenvalue weighted by Gasteiger charge is -2.16. The number of nitrogens with zero attached hydrogens (tertiary/aromatic N) is 2. The van der Waals surface area contributed by atoms with Crippen molar-refractivity contribution in [2.24, 2.45) is 0 Å². The van der Waals surface area contributed by atoms with Gasteiger partial charge in [0.15, 0.2) is 0 Å². The van der Waals surface area contributed by atoms with Gasteiger partial charge in [-0.2, -0.15) is 5.26 Å². The van der Waals surface area contributed by atoms with E-state index in [1.54, 1.807) is 6.07 Å². The maximum absolute atomic E-state index is 13.3. The van der Waals surface area contributed by atoms with E-state index in [1.165, 1.54) is 19.1 Å². The second kappa shape index (κ2) is 5.81. The van der Waals surface area contributed by atoms with Crippen molar-refractivity contribution >= 4 is 5.91 Å². The van der Waals surface area contributed by atoms with Gasteiger partial charge in [-0.05, 0) is 30.2 Å². The van der Waals surface area contributed by atoms with Gasteiger partial charge in [0.25, 0.3) is 0 Å². The minimum atomic E-state index is -0.383. The highest BCUT2D eigenvalue weighted by Crippen LogP contribution is 2.15. The largest absolute Gasteiger partial charge is 0.352 e. The Hall–Kier alpha value is -1.93. The smallest absolute Gasteiger partial charge is 0.217 e. The van der Waals surface area contributed by atoms with Crippen LogP contribution >= 0.6 is 0 Å². The van der Waals surface area contributed by atoms with Crippen LogP contribution in [-0.2, 0) is 11.3 Å². The van der Waals surface area contributed by atoms with Crippen molar-refractivity contribution < 1.29 is 9.18 Å². The van der Waals surface area contributed by atoms with E-state index in [2.05, 4.69) is 10.2 Å². The summed E-state index contributed by atoms with van der Waals surface area (Å²) < 4.78 is 13.3. The third kappa shape index (κ3) is 3.76. The molecule has 0 spiro atoms. The van der Waals surface area contributed by atoms with E-state index in [4.69, 9.17) is 5.26 Å². The van der Waals surface area contributed by atoms with E-state index in [9.17, 15) is 9.18 Å². The van der Waals surface area contributed by atoms with Crippen LogP contribution in [0.2, 0.25) is 0 Å². The molecule has 1 aromatic carbocycles. The Morgan fingerprint density at radius 3 is 3.05 bits per heavy atom. The number of nitrogens with one attached hydrogen (secondary N) is 1. The van der Waals surface area contributed by atoms with Crippen LogP contribution in [0.1, 0.15) is 24.5 Å². The third-order valence-electron chi connectivity index (χ3n) is 3.17. The lowest BCUT2D eigenvalue weighted by molar-refractivity contribution is -0.119. The Bertz CT molecular complexity index is 524. The third-order valence-corrected chi connectivity index (χ3v) is 3.17. The summed E-state index contributed by atoms with van der Waals surface area (Å²) in [6.45, 7) is 3.73. The summed E-state index contributed by atoms with van der Waals surface area (Å²) in [7, 11) is 0. The van der Waals surface area contributed by atoms with Gasteiger partial charge >= 0.3 is 0 Å². The molecule has 0 radical (unpaired) electrons.